The SMILES string of the molecule is CC(Sc1ccc(N)c(Cl)c1)C(C)C(=O)NN. The minimum atomic E-state index is -0.179. The first-order valence-corrected chi connectivity index (χ1v) is 6.43. The normalized spacial score (nSPS) is 14.1. The highest BCUT2D eigenvalue weighted by Crippen LogP contribution is 2.31. The number of amides is 1. The van der Waals surface area contributed by atoms with E-state index in [1.165, 1.54) is 0 Å². The number of carbonyl (C=O) groups is 1. The molecule has 0 aliphatic carbocycles. The van der Waals surface area contributed by atoms with Gasteiger partial charge in [0, 0.05) is 16.1 Å². The zero-order valence-electron chi connectivity index (χ0n) is 9.74. The van der Waals surface area contributed by atoms with E-state index >= 15 is 0 Å². The van der Waals surface area contributed by atoms with Crippen molar-refractivity contribution in [3.63, 3.8) is 0 Å². The van der Waals surface area contributed by atoms with Crippen molar-refractivity contribution < 1.29 is 4.79 Å². The number of nitrogen functional groups attached to an aromatic ring is 1. The molecule has 6 heteroatoms. The first-order chi connectivity index (χ1) is 7.95. The molecule has 2 unspecified atom stereocenters. The van der Waals surface area contributed by atoms with Crippen LogP contribution in [0.5, 0.6) is 0 Å². The van der Waals surface area contributed by atoms with Crippen LogP contribution in [0.3, 0.4) is 0 Å². The lowest BCUT2D eigenvalue weighted by Gasteiger charge is -2.18. The number of anilines is 1. The fraction of sp³-hybridized carbons (Fsp3) is 0.364. The standard InChI is InChI=1S/C11H16ClN3OS/c1-6(11(16)15-14)7(2)17-8-3-4-10(13)9(12)5-8/h3-7H,13-14H2,1-2H3,(H,15,16). The number of halogens is 1. The number of rotatable bonds is 4. The van der Waals surface area contributed by atoms with Crippen molar-refractivity contribution in [1.29, 1.82) is 0 Å². The van der Waals surface area contributed by atoms with Crippen molar-refractivity contribution in [2.24, 2.45) is 11.8 Å². The molecule has 2 atom stereocenters. The number of nitrogens with one attached hydrogen (secondary N) is 1. The highest BCUT2D eigenvalue weighted by atomic mass is 35.5. The predicted octanol–water partition coefficient (Wildman–Crippen LogP) is 2.03. The van der Waals surface area contributed by atoms with Gasteiger partial charge in [-0.15, -0.1) is 11.8 Å². The number of hydrogen-bond donors (Lipinski definition) is 3. The summed E-state index contributed by atoms with van der Waals surface area (Å²) in [6.07, 6.45) is 0. The first kappa shape index (κ1) is 14.2. The molecule has 17 heavy (non-hydrogen) atoms. The summed E-state index contributed by atoms with van der Waals surface area (Å²) in [5, 5.41) is 0.622. The monoisotopic (exact) mass is 273 g/mol. The molecule has 0 radical (unpaired) electrons. The summed E-state index contributed by atoms with van der Waals surface area (Å²) >= 11 is 7.49. The first-order valence-electron chi connectivity index (χ1n) is 5.18. The van der Waals surface area contributed by atoms with Crippen molar-refractivity contribution >= 4 is 35.0 Å². The van der Waals surface area contributed by atoms with E-state index in [0.29, 0.717) is 10.7 Å². The third-order valence-electron chi connectivity index (χ3n) is 2.55. The van der Waals surface area contributed by atoms with Gasteiger partial charge in [0.05, 0.1) is 10.7 Å². The number of hydrazine groups is 1. The Bertz CT molecular complexity index is 414. The maximum atomic E-state index is 11.4. The van der Waals surface area contributed by atoms with Crippen LogP contribution in [0.2, 0.25) is 5.02 Å². The Kier molecular flexibility index (Phi) is 5.11. The topological polar surface area (TPSA) is 81.1 Å². The van der Waals surface area contributed by atoms with E-state index in [-0.39, 0.29) is 17.1 Å². The van der Waals surface area contributed by atoms with E-state index in [4.69, 9.17) is 23.2 Å². The zero-order valence-corrected chi connectivity index (χ0v) is 11.3. The molecule has 1 aromatic carbocycles. The van der Waals surface area contributed by atoms with Crippen molar-refractivity contribution in [3.8, 4) is 0 Å². The Hall–Kier alpha value is -0.910. The molecular weight excluding hydrogens is 258 g/mol. The van der Waals surface area contributed by atoms with E-state index in [1.807, 2.05) is 19.9 Å². The number of carbonyl (C=O) groups excluding carboxylic acids is 1. The van der Waals surface area contributed by atoms with Gasteiger partial charge < -0.3 is 5.73 Å². The second-order valence-electron chi connectivity index (χ2n) is 3.80. The lowest BCUT2D eigenvalue weighted by Crippen LogP contribution is -2.38. The third kappa shape index (κ3) is 3.80. The Labute approximate surface area is 110 Å². The molecule has 1 rings (SSSR count). The highest BCUT2D eigenvalue weighted by molar-refractivity contribution is 8.00. The van der Waals surface area contributed by atoms with Crippen LogP contribution in [-0.2, 0) is 4.79 Å². The van der Waals surface area contributed by atoms with E-state index in [0.717, 1.165) is 4.90 Å². The molecule has 0 aliphatic rings. The number of benzene rings is 1. The summed E-state index contributed by atoms with van der Waals surface area (Å²) < 4.78 is 0. The van der Waals surface area contributed by atoms with E-state index in [2.05, 4.69) is 5.43 Å². The molecule has 94 valence electrons. The van der Waals surface area contributed by atoms with Crippen LogP contribution in [0.1, 0.15) is 13.8 Å². The van der Waals surface area contributed by atoms with Gasteiger partial charge in [-0.25, -0.2) is 5.84 Å². The lowest BCUT2D eigenvalue weighted by atomic mass is 10.1. The molecular formula is C11H16ClN3OS. The minimum Gasteiger partial charge on any atom is -0.398 e. The average molecular weight is 274 g/mol. The highest BCUT2D eigenvalue weighted by Gasteiger charge is 2.20. The van der Waals surface area contributed by atoms with E-state index in [9.17, 15) is 4.79 Å². The molecule has 0 saturated carbocycles. The van der Waals surface area contributed by atoms with E-state index in [1.54, 1.807) is 23.9 Å². The van der Waals surface area contributed by atoms with Crippen LogP contribution in [0, 0.1) is 5.92 Å². The number of hydrogen-bond acceptors (Lipinski definition) is 4. The van der Waals surface area contributed by atoms with Gasteiger partial charge in [-0.3, -0.25) is 10.2 Å². The van der Waals surface area contributed by atoms with Gasteiger partial charge >= 0.3 is 0 Å². The summed E-state index contributed by atoms with van der Waals surface area (Å²) in [4.78, 5) is 12.3. The Balaban J connectivity index is 2.70. The largest absolute Gasteiger partial charge is 0.398 e. The molecule has 0 spiro atoms. The molecule has 0 heterocycles. The van der Waals surface area contributed by atoms with Crippen LogP contribution in [-0.4, -0.2) is 11.2 Å². The Morgan fingerprint density at radius 1 is 1.47 bits per heavy atom. The maximum Gasteiger partial charge on any atom is 0.237 e. The summed E-state index contributed by atoms with van der Waals surface area (Å²) in [6.45, 7) is 3.80. The molecule has 0 bridgehead atoms. The van der Waals surface area contributed by atoms with Gasteiger partial charge in [0.25, 0.3) is 0 Å². The minimum absolute atomic E-state index is 0.0956. The Morgan fingerprint density at radius 3 is 2.65 bits per heavy atom. The van der Waals surface area contributed by atoms with Gasteiger partial charge in [0.15, 0.2) is 0 Å². The Morgan fingerprint density at radius 2 is 2.12 bits per heavy atom. The predicted molar refractivity (Wildman–Crippen MR) is 72.7 cm³/mol. The van der Waals surface area contributed by atoms with Gasteiger partial charge in [0.1, 0.15) is 0 Å². The van der Waals surface area contributed by atoms with Gasteiger partial charge in [0.2, 0.25) is 5.91 Å². The third-order valence-corrected chi connectivity index (χ3v) is 4.19. The van der Waals surface area contributed by atoms with Gasteiger partial charge in [-0.05, 0) is 18.2 Å². The second-order valence-corrected chi connectivity index (χ2v) is 5.66. The van der Waals surface area contributed by atoms with Crippen LogP contribution in [0.25, 0.3) is 0 Å². The molecule has 0 fully saturated rings. The fourth-order valence-corrected chi connectivity index (χ4v) is 2.58. The molecule has 0 saturated heterocycles. The van der Waals surface area contributed by atoms with Crippen molar-refractivity contribution in [1.82, 2.24) is 5.43 Å². The molecule has 5 N–H and O–H groups in total. The summed E-state index contributed by atoms with van der Waals surface area (Å²) in [7, 11) is 0. The number of thioether (sulfide) groups is 1. The van der Waals surface area contributed by atoms with Crippen molar-refractivity contribution in [2.45, 2.75) is 24.0 Å². The molecule has 0 aromatic heterocycles. The maximum absolute atomic E-state index is 11.4. The molecule has 1 amide bonds. The molecule has 0 aliphatic heterocycles. The van der Waals surface area contributed by atoms with Gasteiger partial charge in [-0.1, -0.05) is 25.4 Å². The van der Waals surface area contributed by atoms with E-state index < -0.39 is 0 Å². The lowest BCUT2D eigenvalue weighted by molar-refractivity contribution is -0.124. The fourth-order valence-electron chi connectivity index (χ4n) is 1.24. The van der Waals surface area contributed by atoms with Crippen molar-refractivity contribution in [2.75, 3.05) is 5.73 Å². The average Bonchev–Trinajstić information content (AvgIpc) is 2.31. The second kappa shape index (κ2) is 6.14. The van der Waals surface area contributed by atoms with Gasteiger partial charge in [-0.2, -0.15) is 0 Å². The van der Waals surface area contributed by atoms with Crippen LogP contribution in [0.15, 0.2) is 23.1 Å². The zero-order chi connectivity index (χ0) is 13.0. The smallest absolute Gasteiger partial charge is 0.237 e. The quantitative estimate of drug-likeness (QED) is 0.258. The number of nitrogens with two attached hydrogens (primary N) is 2. The van der Waals surface area contributed by atoms with Crippen LogP contribution in [0.4, 0.5) is 5.69 Å². The van der Waals surface area contributed by atoms with Crippen LogP contribution >= 0.6 is 23.4 Å². The summed E-state index contributed by atoms with van der Waals surface area (Å²) in [5.41, 5.74) is 8.33. The van der Waals surface area contributed by atoms with Crippen LogP contribution < -0.4 is 17.0 Å². The van der Waals surface area contributed by atoms with Crippen molar-refractivity contribution in [3.05, 3.63) is 23.2 Å². The summed E-state index contributed by atoms with van der Waals surface area (Å²) in [5.74, 6) is 4.75. The molecule has 1 aromatic rings. The molecule has 4 nitrogen and oxygen atoms in total. The summed E-state index contributed by atoms with van der Waals surface area (Å²) in [6, 6.07) is 5.44.